The Hall–Kier alpha value is -1.35. The molecule has 72 valence electrons. The van der Waals surface area contributed by atoms with Gasteiger partial charge in [0.05, 0.1) is 9.88 Å². The number of thiazole rings is 1. The lowest BCUT2D eigenvalue weighted by atomic mass is 10.1. The average molecular weight is 204 g/mol. The van der Waals surface area contributed by atoms with Crippen LogP contribution in [0.1, 0.15) is 10.6 Å². The van der Waals surface area contributed by atoms with Crippen molar-refractivity contribution in [1.29, 1.82) is 0 Å². The number of hydrogen-bond acceptors (Lipinski definition) is 3. The van der Waals surface area contributed by atoms with Crippen molar-refractivity contribution in [2.75, 3.05) is 5.73 Å². The number of nitrogens with zero attached hydrogens (tertiary/aromatic N) is 1. The second kappa shape index (κ2) is 3.42. The fraction of sp³-hybridized carbons (Fsp3) is 0.182. The first-order valence-electron chi connectivity index (χ1n) is 4.46. The largest absolute Gasteiger partial charge is 0.398 e. The molecule has 0 spiro atoms. The van der Waals surface area contributed by atoms with E-state index in [2.05, 4.69) is 11.1 Å². The van der Waals surface area contributed by atoms with Crippen LogP contribution in [-0.4, -0.2) is 4.98 Å². The van der Waals surface area contributed by atoms with Gasteiger partial charge in [0.1, 0.15) is 0 Å². The van der Waals surface area contributed by atoms with E-state index in [0.29, 0.717) is 0 Å². The Morgan fingerprint density at radius 3 is 2.64 bits per heavy atom. The van der Waals surface area contributed by atoms with Crippen LogP contribution in [0.4, 0.5) is 5.69 Å². The molecule has 14 heavy (non-hydrogen) atoms. The Labute approximate surface area is 87.4 Å². The third-order valence-corrected chi connectivity index (χ3v) is 3.15. The van der Waals surface area contributed by atoms with Crippen LogP contribution in [-0.2, 0) is 0 Å². The SMILES string of the molecule is Cc1ncc(-c2ccc(C)c(N)c2)s1. The molecule has 0 atom stereocenters. The van der Waals surface area contributed by atoms with Crippen molar-refractivity contribution in [3.8, 4) is 10.4 Å². The van der Waals surface area contributed by atoms with Crippen LogP contribution in [0.3, 0.4) is 0 Å². The molecule has 2 nitrogen and oxygen atoms in total. The molecule has 0 unspecified atom stereocenters. The minimum atomic E-state index is 0.841. The van der Waals surface area contributed by atoms with Crippen molar-refractivity contribution in [2.24, 2.45) is 0 Å². The van der Waals surface area contributed by atoms with E-state index in [1.165, 1.54) is 4.88 Å². The Kier molecular flexibility index (Phi) is 2.25. The van der Waals surface area contributed by atoms with Gasteiger partial charge < -0.3 is 5.73 Å². The van der Waals surface area contributed by atoms with Crippen LogP contribution >= 0.6 is 11.3 Å². The lowest BCUT2D eigenvalue weighted by molar-refractivity contribution is 1.30. The summed E-state index contributed by atoms with van der Waals surface area (Å²) in [6.07, 6.45) is 1.89. The first-order valence-corrected chi connectivity index (χ1v) is 5.27. The van der Waals surface area contributed by atoms with Crippen molar-refractivity contribution < 1.29 is 0 Å². The Balaban J connectivity index is 2.47. The zero-order valence-corrected chi connectivity index (χ0v) is 9.06. The van der Waals surface area contributed by atoms with E-state index in [9.17, 15) is 0 Å². The Bertz CT molecular complexity index is 460. The third-order valence-electron chi connectivity index (χ3n) is 2.19. The van der Waals surface area contributed by atoms with E-state index in [1.54, 1.807) is 11.3 Å². The molecule has 0 radical (unpaired) electrons. The maximum absolute atomic E-state index is 5.85. The second-order valence-electron chi connectivity index (χ2n) is 3.31. The molecular formula is C11H12N2S. The summed E-state index contributed by atoms with van der Waals surface area (Å²) >= 11 is 1.69. The first-order chi connectivity index (χ1) is 6.66. The van der Waals surface area contributed by atoms with Gasteiger partial charge in [-0.1, -0.05) is 12.1 Å². The number of rotatable bonds is 1. The van der Waals surface area contributed by atoms with E-state index >= 15 is 0 Å². The number of benzene rings is 1. The molecule has 1 aromatic heterocycles. The maximum Gasteiger partial charge on any atom is 0.0900 e. The molecular weight excluding hydrogens is 192 g/mol. The van der Waals surface area contributed by atoms with Gasteiger partial charge >= 0.3 is 0 Å². The van der Waals surface area contributed by atoms with Crippen LogP contribution in [0.2, 0.25) is 0 Å². The monoisotopic (exact) mass is 204 g/mol. The lowest BCUT2D eigenvalue weighted by Gasteiger charge is -2.01. The molecule has 1 aromatic carbocycles. The summed E-state index contributed by atoms with van der Waals surface area (Å²) in [6.45, 7) is 4.02. The summed E-state index contributed by atoms with van der Waals surface area (Å²) in [5.41, 5.74) is 8.96. The molecule has 2 rings (SSSR count). The van der Waals surface area contributed by atoms with Gasteiger partial charge in [0.15, 0.2) is 0 Å². The molecule has 0 aliphatic rings. The number of nitrogens with two attached hydrogens (primary N) is 1. The summed E-state index contributed by atoms with van der Waals surface area (Å²) in [7, 11) is 0. The molecule has 0 aliphatic heterocycles. The third kappa shape index (κ3) is 1.63. The molecule has 0 amide bonds. The summed E-state index contributed by atoms with van der Waals surface area (Å²) in [4.78, 5) is 5.40. The topological polar surface area (TPSA) is 38.9 Å². The second-order valence-corrected chi connectivity index (χ2v) is 4.55. The number of hydrogen-bond donors (Lipinski definition) is 1. The summed E-state index contributed by atoms with van der Waals surface area (Å²) < 4.78 is 0. The van der Waals surface area contributed by atoms with Gasteiger partial charge in [-0.3, -0.25) is 0 Å². The van der Waals surface area contributed by atoms with Gasteiger partial charge in [-0.15, -0.1) is 11.3 Å². The normalized spacial score (nSPS) is 10.4. The fourth-order valence-electron chi connectivity index (χ4n) is 1.29. The highest BCUT2D eigenvalue weighted by Crippen LogP contribution is 2.28. The van der Waals surface area contributed by atoms with E-state index in [1.807, 2.05) is 32.2 Å². The number of aryl methyl sites for hydroxylation is 2. The van der Waals surface area contributed by atoms with Crippen molar-refractivity contribution in [3.63, 3.8) is 0 Å². The van der Waals surface area contributed by atoms with Crippen molar-refractivity contribution >= 4 is 17.0 Å². The van der Waals surface area contributed by atoms with Crippen molar-refractivity contribution in [2.45, 2.75) is 13.8 Å². The highest BCUT2D eigenvalue weighted by Gasteiger charge is 2.02. The highest BCUT2D eigenvalue weighted by atomic mass is 32.1. The van der Waals surface area contributed by atoms with Gasteiger partial charge in [0, 0.05) is 11.9 Å². The molecule has 0 saturated carbocycles. The van der Waals surface area contributed by atoms with E-state index in [4.69, 9.17) is 5.73 Å². The Morgan fingerprint density at radius 2 is 2.07 bits per heavy atom. The van der Waals surface area contributed by atoms with Gasteiger partial charge in [0.25, 0.3) is 0 Å². The van der Waals surface area contributed by atoms with Crippen LogP contribution in [0, 0.1) is 13.8 Å². The molecule has 0 bridgehead atoms. The molecule has 0 saturated heterocycles. The maximum atomic E-state index is 5.85. The van der Waals surface area contributed by atoms with Crippen molar-refractivity contribution in [3.05, 3.63) is 35.0 Å². The van der Waals surface area contributed by atoms with Gasteiger partial charge in [-0.2, -0.15) is 0 Å². The van der Waals surface area contributed by atoms with E-state index in [0.717, 1.165) is 21.8 Å². The summed E-state index contributed by atoms with van der Waals surface area (Å²) in [6, 6.07) is 6.13. The summed E-state index contributed by atoms with van der Waals surface area (Å²) in [5, 5.41) is 1.08. The smallest absolute Gasteiger partial charge is 0.0900 e. The molecule has 0 fully saturated rings. The van der Waals surface area contributed by atoms with E-state index in [-0.39, 0.29) is 0 Å². The minimum absolute atomic E-state index is 0.841. The predicted molar refractivity (Wildman–Crippen MR) is 61.4 cm³/mol. The van der Waals surface area contributed by atoms with Crippen LogP contribution < -0.4 is 5.73 Å². The van der Waals surface area contributed by atoms with Crippen LogP contribution in [0.25, 0.3) is 10.4 Å². The summed E-state index contributed by atoms with van der Waals surface area (Å²) in [5.74, 6) is 0. The molecule has 2 N–H and O–H groups in total. The van der Waals surface area contributed by atoms with Gasteiger partial charge in [-0.05, 0) is 31.0 Å². The quantitative estimate of drug-likeness (QED) is 0.725. The zero-order chi connectivity index (χ0) is 10.1. The first kappa shape index (κ1) is 9.21. The number of nitrogen functional groups attached to an aromatic ring is 1. The zero-order valence-electron chi connectivity index (χ0n) is 8.24. The number of aromatic nitrogens is 1. The predicted octanol–water partition coefficient (Wildman–Crippen LogP) is 3.01. The van der Waals surface area contributed by atoms with Crippen molar-refractivity contribution in [1.82, 2.24) is 4.98 Å². The lowest BCUT2D eigenvalue weighted by Crippen LogP contribution is -1.88. The highest BCUT2D eigenvalue weighted by molar-refractivity contribution is 7.15. The fourth-order valence-corrected chi connectivity index (χ4v) is 2.06. The average Bonchev–Trinajstić information content (AvgIpc) is 2.57. The molecule has 2 aromatic rings. The Morgan fingerprint density at radius 1 is 1.29 bits per heavy atom. The standard InChI is InChI=1S/C11H12N2S/c1-7-3-4-9(5-10(7)12)11-6-13-8(2)14-11/h3-6H,12H2,1-2H3. The van der Waals surface area contributed by atoms with Gasteiger partial charge in [0.2, 0.25) is 0 Å². The molecule has 0 aliphatic carbocycles. The molecule has 1 heterocycles. The van der Waals surface area contributed by atoms with Crippen LogP contribution in [0.15, 0.2) is 24.4 Å². The molecule has 3 heteroatoms. The number of anilines is 1. The minimum Gasteiger partial charge on any atom is -0.398 e. The van der Waals surface area contributed by atoms with Crippen LogP contribution in [0.5, 0.6) is 0 Å². The van der Waals surface area contributed by atoms with Gasteiger partial charge in [-0.25, -0.2) is 4.98 Å². The van der Waals surface area contributed by atoms with E-state index < -0.39 is 0 Å².